The average Bonchev–Trinajstić information content (AvgIpc) is 1.68. The third-order valence-electron chi connectivity index (χ3n) is 15.6. The van der Waals surface area contributed by atoms with Gasteiger partial charge in [0, 0.05) is 59.5 Å². The van der Waals surface area contributed by atoms with Crippen LogP contribution in [0.2, 0.25) is 20.1 Å². The number of carboxylic acids is 1. The highest BCUT2D eigenvalue weighted by Gasteiger charge is 2.51. The van der Waals surface area contributed by atoms with Gasteiger partial charge in [0.2, 0.25) is 0 Å². The van der Waals surface area contributed by atoms with Crippen LogP contribution in [0.15, 0.2) is 136 Å². The molecule has 34 heteroatoms. The molecule has 7 rings (SSSR count). The Morgan fingerprint density at radius 1 is 0.607 bits per heavy atom. The SMILES string of the molecule is C.C.CC1(C)OB(c2ccc(S(C)(=O)=O)cc2)OC1(C)C.COC(=O)[C@H](CCC(=O)CNC(=O)c1cccc(CC(=N)CC(=O)OC(C)(C)C)c1)NC(=O)c1c(Cl)cc(Br)cc1Cl.CS(=O)(=O)c1ccc(-c2cc(Cl)c(C(=O)N[C@@H](CCC(=O)CNC(=O)c3cccc(CC(=N)N)c3)C(=O)O)c(Cl)c2)cc1.S. The molecule has 6 aromatic carbocycles. The first-order valence-corrected chi connectivity index (χ1v) is 37.8. The lowest BCUT2D eigenvalue weighted by Crippen LogP contribution is -2.42. The van der Waals surface area contributed by atoms with Crippen molar-refractivity contribution in [3.05, 3.63) is 179 Å². The summed E-state index contributed by atoms with van der Waals surface area (Å²) in [6.45, 7) is 12.5. The fraction of sp³-hybridized carbons (Fsp3) is 0.356. The summed E-state index contributed by atoms with van der Waals surface area (Å²) in [6.07, 6.45) is 1.67. The lowest BCUT2D eigenvalue weighted by molar-refractivity contribution is -0.153. The molecule has 0 bridgehead atoms. The van der Waals surface area contributed by atoms with Gasteiger partial charge in [-0.3, -0.25) is 39.0 Å². The molecule has 107 heavy (non-hydrogen) atoms. The van der Waals surface area contributed by atoms with Crippen molar-refractivity contribution in [1.29, 1.82) is 10.8 Å². The summed E-state index contributed by atoms with van der Waals surface area (Å²) >= 11 is 28.2. The quantitative estimate of drug-likeness (QED) is 0.00979. The van der Waals surface area contributed by atoms with Gasteiger partial charge in [0.1, 0.15) is 17.7 Å². The number of benzene rings is 6. The maximum atomic E-state index is 12.9. The van der Waals surface area contributed by atoms with Crippen molar-refractivity contribution >= 4 is 173 Å². The molecule has 1 aliphatic rings. The molecular formula is C73H89BBrCl4N7O18S3. The van der Waals surface area contributed by atoms with Crippen molar-refractivity contribution in [2.75, 3.05) is 32.7 Å². The number of carbonyl (C=O) groups is 9. The van der Waals surface area contributed by atoms with E-state index >= 15 is 0 Å². The molecule has 1 saturated heterocycles. The van der Waals surface area contributed by atoms with Crippen molar-refractivity contribution in [1.82, 2.24) is 21.3 Å². The highest BCUT2D eigenvalue weighted by atomic mass is 79.9. The number of sulfone groups is 2. The first kappa shape index (κ1) is 95.0. The molecule has 1 heterocycles. The third-order valence-corrected chi connectivity index (χ3v) is 19.5. The number of Topliss-reactive ketones (excluding diaryl/α,β-unsaturated/α-hetero) is 2. The Balaban J connectivity index is 0.000000573. The van der Waals surface area contributed by atoms with Gasteiger partial charge in [-0.05, 0) is 162 Å². The maximum absolute atomic E-state index is 12.9. The molecular weight excluding hydrogens is 1590 g/mol. The number of nitrogens with one attached hydrogen (secondary N) is 6. The first-order valence-electron chi connectivity index (χ1n) is 31.7. The molecule has 1 fully saturated rings. The molecule has 0 unspecified atom stereocenters. The van der Waals surface area contributed by atoms with Crippen LogP contribution in [0.25, 0.3) is 11.1 Å². The highest BCUT2D eigenvalue weighted by molar-refractivity contribution is 9.10. The Labute approximate surface area is 659 Å². The molecule has 0 saturated carbocycles. The molecule has 2 atom stereocenters. The number of carboxylic acid groups (broad SMARTS) is 1. The number of nitrogens with two attached hydrogens (primary N) is 1. The summed E-state index contributed by atoms with van der Waals surface area (Å²) in [5, 5.41) is 34.9. The van der Waals surface area contributed by atoms with Crippen LogP contribution in [0.4, 0.5) is 0 Å². The Hall–Kier alpha value is -8.04. The molecule has 0 radical (unpaired) electrons. The van der Waals surface area contributed by atoms with Crippen molar-refractivity contribution in [2.24, 2.45) is 5.73 Å². The van der Waals surface area contributed by atoms with Crippen molar-refractivity contribution in [2.45, 2.75) is 147 Å². The van der Waals surface area contributed by atoms with Crippen LogP contribution in [0.1, 0.15) is 148 Å². The number of amides is 4. The van der Waals surface area contributed by atoms with Gasteiger partial charge in [0.15, 0.2) is 31.2 Å². The molecule has 1 aliphatic heterocycles. The molecule has 0 aromatic heterocycles. The second kappa shape index (κ2) is 41.5. The predicted molar refractivity (Wildman–Crippen MR) is 424 cm³/mol. The fourth-order valence-corrected chi connectivity index (χ4v) is 12.9. The Kier molecular flexibility index (Phi) is 36.9. The number of ether oxygens (including phenoxy) is 2. The van der Waals surface area contributed by atoms with E-state index < -0.39 is 103 Å². The summed E-state index contributed by atoms with van der Waals surface area (Å²) < 4.78 is 68.6. The lowest BCUT2D eigenvalue weighted by atomic mass is 9.79. The van der Waals surface area contributed by atoms with Gasteiger partial charge >= 0.3 is 25.0 Å². The largest absolute Gasteiger partial charge is 0.494 e. The number of amidine groups is 1. The topological polar surface area (TPSA) is 401 Å². The summed E-state index contributed by atoms with van der Waals surface area (Å²) in [5.74, 6) is -6.19. The number of ketones is 2. The second-order valence-electron chi connectivity index (χ2n) is 25.9. The van der Waals surface area contributed by atoms with E-state index in [0.29, 0.717) is 31.6 Å². The first-order chi connectivity index (χ1) is 48.3. The molecule has 0 spiro atoms. The van der Waals surface area contributed by atoms with Crippen LogP contribution in [-0.4, -0.2) is 155 Å². The smallest absolute Gasteiger partial charge is 0.480 e. The molecule has 9 N–H and O–H groups in total. The van der Waals surface area contributed by atoms with Gasteiger partial charge in [-0.25, -0.2) is 26.4 Å². The van der Waals surface area contributed by atoms with Gasteiger partial charge < -0.3 is 56.3 Å². The van der Waals surface area contributed by atoms with E-state index in [0.717, 1.165) is 18.8 Å². The summed E-state index contributed by atoms with van der Waals surface area (Å²) in [6, 6.07) is 28.7. The van der Waals surface area contributed by atoms with E-state index in [1.165, 1.54) is 48.7 Å². The molecule has 4 amide bonds. The van der Waals surface area contributed by atoms with Crippen LogP contribution in [-0.2, 0) is 75.3 Å². The number of rotatable bonds is 28. The van der Waals surface area contributed by atoms with Crippen LogP contribution in [0, 0.1) is 10.8 Å². The van der Waals surface area contributed by atoms with Gasteiger partial charge in [0.25, 0.3) is 23.6 Å². The van der Waals surface area contributed by atoms with Crippen LogP contribution >= 0.6 is 75.8 Å². The summed E-state index contributed by atoms with van der Waals surface area (Å²) in [4.78, 5) is 112. The van der Waals surface area contributed by atoms with Gasteiger partial charge in [-0.2, -0.15) is 13.5 Å². The number of carbonyl (C=O) groups excluding carboxylic acids is 8. The Bertz CT molecular complexity index is 4450. The number of methoxy groups -OCH3 is 1. The van der Waals surface area contributed by atoms with Crippen LogP contribution in [0.5, 0.6) is 0 Å². The second-order valence-corrected chi connectivity index (χ2v) is 32.4. The number of aliphatic carboxylic acids is 1. The monoisotopic (exact) mass is 1680 g/mol. The van der Waals surface area contributed by atoms with Gasteiger partial charge in [-0.15, -0.1) is 0 Å². The van der Waals surface area contributed by atoms with E-state index in [4.69, 9.17) is 81.7 Å². The summed E-state index contributed by atoms with van der Waals surface area (Å²) in [7, 11) is -5.87. The zero-order valence-corrected chi connectivity index (χ0v) is 66.1. The van der Waals surface area contributed by atoms with Crippen LogP contribution in [0.3, 0.4) is 0 Å². The Morgan fingerprint density at radius 2 is 1.01 bits per heavy atom. The van der Waals surface area contributed by atoms with Crippen molar-refractivity contribution < 1.29 is 83.9 Å². The molecule has 580 valence electrons. The third kappa shape index (κ3) is 29.8. The fourth-order valence-electron chi connectivity index (χ4n) is 9.65. The number of hydrogen-bond acceptors (Lipinski definition) is 19. The number of hydrogen-bond donors (Lipinski definition) is 8. The number of halogens is 5. The molecule has 25 nitrogen and oxygen atoms in total. The van der Waals surface area contributed by atoms with Crippen LogP contribution < -0.4 is 32.5 Å². The minimum atomic E-state index is -3.39. The lowest BCUT2D eigenvalue weighted by Gasteiger charge is -2.32. The van der Waals surface area contributed by atoms with E-state index in [-0.39, 0.29) is 151 Å². The van der Waals surface area contributed by atoms with E-state index in [2.05, 4.69) is 37.2 Å². The predicted octanol–water partition coefficient (Wildman–Crippen LogP) is 11.4. The zero-order chi connectivity index (χ0) is 78.0. The maximum Gasteiger partial charge on any atom is 0.494 e. The van der Waals surface area contributed by atoms with Crippen molar-refractivity contribution in [3.63, 3.8) is 0 Å². The van der Waals surface area contributed by atoms with E-state index in [1.54, 1.807) is 99.6 Å². The molecule has 0 aliphatic carbocycles. The minimum absolute atomic E-state index is 0. The zero-order valence-electron chi connectivity index (χ0n) is 58.8. The normalized spacial score (nSPS) is 13.2. The van der Waals surface area contributed by atoms with E-state index in [1.807, 2.05) is 27.7 Å². The standard InChI is InChI=1S/C29H32BrCl2N3O7.C29H28Cl2N4O7S.C13H19BO4S.2CH4.H2S/c1-29(2,3)42-24(37)14-19(33)11-16-6-5-7-17(10-16)26(38)34-15-20(36)8-9-23(28(40)41-4)35-27(39)25-21(31)12-18(30)13-22(25)32;1-43(41,42)21-8-5-17(6-9-21)19-13-22(30)26(23(31)14-19)28(38)35-24(29(39)40)10-7-20(36)15-34-27(37)18-4-2-3-16(11-18)12-25(32)33;1-12(2)13(3,4)18-14(17-12)10-6-8-11(9-7-10)19(5,15)16;;;/h5-7,10,12-13,23,33H,8-9,11,14-15H2,1-4H3,(H,34,38)(H,35,39);2-6,8-9,11,13-14,24H,7,10,12,15H2,1H3,(H3,32,33)(H,34,37)(H,35,38)(H,39,40);6-9H,1-5H3;2*1H4;1H2/t23-;24-;;;;/m00..../s1. The van der Waals surface area contributed by atoms with Gasteiger partial charge in [-0.1, -0.05) is 126 Å². The van der Waals surface area contributed by atoms with E-state index in [9.17, 15) is 65.1 Å². The summed E-state index contributed by atoms with van der Waals surface area (Å²) in [5.41, 5.74) is 7.63. The highest BCUT2D eigenvalue weighted by Crippen LogP contribution is 2.37. The number of esters is 2. The Morgan fingerprint density at radius 3 is 1.41 bits per heavy atom. The average molecular weight is 1680 g/mol. The van der Waals surface area contributed by atoms with Gasteiger partial charge in [0.05, 0.1) is 84.7 Å². The minimum Gasteiger partial charge on any atom is -0.480 e. The van der Waals surface area contributed by atoms with Crippen molar-refractivity contribution in [3.8, 4) is 11.1 Å². The molecule has 6 aromatic rings.